The van der Waals surface area contributed by atoms with E-state index in [1.807, 2.05) is 24.7 Å². The van der Waals surface area contributed by atoms with Crippen LogP contribution in [0, 0.1) is 6.92 Å². The molecule has 0 radical (unpaired) electrons. The minimum atomic E-state index is -0.0902. The van der Waals surface area contributed by atoms with Gasteiger partial charge in [0.1, 0.15) is 0 Å². The summed E-state index contributed by atoms with van der Waals surface area (Å²) in [6, 6.07) is -0.141. The third-order valence-electron chi connectivity index (χ3n) is 4.31. The van der Waals surface area contributed by atoms with Crippen molar-refractivity contribution in [3.05, 3.63) is 17.5 Å². The number of nitrogens with zero attached hydrogens (tertiary/aromatic N) is 2. The molecule has 1 aromatic heterocycles. The number of rotatable bonds is 3. The fourth-order valence-corrected chi connectivity index (χ4v) is 2.66. The molecule has 1 aliphatic carbocycles. The third-order valence-corrected chi connectivity index (χ3v) is 4.31. The van der Waals surface area contributed by atoms with Gasteiger partial charge in [0.2, 0.25) is 0 Å². The summed E-state index contributed by atoms with van der Waals surface area (Å²) in [5, 5.41) is 10.7. The number of nitrogens with one attached hydrogen (secondary N) is 2. The Bertz CT molecular complexity index is 523. The Morgan fingerprint density at radius 1 is 1.43 bits per heavy atom. The highest BCUT2D eigenvalue weighted by Crippen LogP contribution is 2.30. The lowest BCUT2D eigenvalue weighted by Crippen LogP contribution is -2.54. The smallest absolute Gasteiger partial charge is 0.315 e. The van der Waals surface area contributed by atoms with Crippen molar-refractivity contribution in [3.63, 3.8) is 0 Å². The van der Waals surface area contributed by atoms with Crippen LogP contribution in [0.1, 0.15) is 71.2 Å². The lowest BCUT2D eigenvalue weighted by atomic mass is 9.79. The molecule has 118 valence electrons. The SMILES string of the molecule is Cc1nn(C(C)(C)C)cc1C(C)NC(=O)NC1(C)CCC1. The molecule has 1 fully saturated rings. The highest BCUT2D eigenvalue weighted by molar-refractivity contribution is 5.75. The van der Waals surface area contributed by atoms with Crippen molar-refractivity contribution in [1.29, 1.82) is 0 Å². The van der Waals surface area contributed by atoms with Crippen LogP contribution in [-0.4, -0.2) is 21.4 Å². The number of aryl methyl sites for hydroxylation is 1. The molecule has 5 nitrogen and oxygen atoms in total. The maximum absolute atomic E-state index is 12.1. The van der Waals surface area contributed by atoms with Crippen molar-refractivity contribution in [2.24, 2.45) is 0 Å². The third kappa shape index (κ3) is 3.57. The Labute approximate surface area is 127 Å². The van der Waals surface area contributed by atoms with Gasteiger partial charge >= 0.3 is 6.03 Å². The fraction of sp³-hybridized carbons (Fsp3) is 0.750. The van der Waals surface area contributed by atoms with E-state index in [1.54, 1.807) is 0 Å². The lowest BCUT2D eigenvalue weighted by Gasteiger charge is -2.39. The molecule has 2 rings (SSSR count). The molecule has 2 N–H and O–H groups in total. The van der Waals surface area contributed by atoms with E-state index in [0.717, 1.165) is 24.1 Å². The number of hydrogen-bond donors (Lipinski definition) is 2. The molecular weight excluding hydrogens is 264 g/mol. The minimum absolute atomic E-state index is 0.0194. The van der Waals surface area contributed by atoms with Crippen LogP contribution in [0.5, 0.6) is 0 Å². The van der Waals surface area contributed by atoms with E-state index in [4.69, 9.17) is 0 Å². The Balaban J connectivity index is 2.01. The largest absolute Gasteiger partial charge is 0.333 e. The summed E-state index contributed by atoms with van der Waals surface area (Å²) in [5.74, 6) is 0. The topological polar surface area (TPSA) is 59.0 Å². The van der Waals surface area contributed by atoms with Gasteiger partial charge in [-0.3, -0.25) is 4.68 Å². The van der Waals surface area contributed by atoms with E-state index < -0.39 is 0 Å². The predicted molar refractivity (Wildman–Crippen MR) is 84.3 cm³/mol. The van der Waals surface area contributed by atoms with Gasteiger partial charge in [0.05, 0.1) is 17.3 Å². The number of hydrogen-bond acceptors (Lipinski definition) is 2. The molecule has 1 atom stereocenters. The maximum Gasteiger partial charge on any atom is 0.315 e. The first-order chi connectivity index (χ1) is 9.61. The zero-order valence-electron chi connectivity index (χ0n) is 14.1. The molecule has 2 amide bonds. The minimum Gasteiger partial charge on any atom is -0.333 e. The van der Waals surface area contributed by atoms with Crippen molar-refractivity contribution >= 4 is 6.03 Å². The average molecular weight is 292 g/mol. The van der Waals surface area contributed by atoms with Gasteiger partial charge in [0, 0.05) is 17.3 Å². The standard InChI is InChI=1S/C16H28N4O/c1-11(17-14(21)18-16(6)8-7-9-16)13-10-20(15(3,4)5)19-12(13)2/h10-11H,7-9H2,1-6H3,(H2,17,18,21). The first-order valence-corrected chi connectivity index (χ1v) is 7.76. The van der Waals surface area contributed by atoms with Gasteiger partial charge in [-0.2, -0.15) is 5.10 Å². The summed E-state index contributed by atoms with van der Waals surface area (Å²) in [6.45, 7) is 12.4. The molecule has 1 saturated carbocycles. The highest BCUT2D eigenvalue weighted by atomic mass is 16.2. The quantitative estimate of drug-likeness (QED) is 0.898. The first-order valence-electron chi connectivity index (χ1n) is 7.76. The Kier molecular flexibility index (Phi) is 4.04. The lowest BCUT2D eigenvalue weighted by molar-refractivity contribution is 0.189. The zero-order valence-corrected chi connectivity index (χ0v) is 14.1. The van der Waals surface area contributed by atoms with Crippen LogP contribution < -0.4 is 10.6 Å². The monoisotopic (exact) mass is 292 g/mol. The first kappa shape index (κ1) is 15.9. The van der Waals surface area contributed by atoms with Gasteiger partial charge in [0.25, 0.3) is 0 Å². The fourth-order valence-electron chi connectivity index (χ4n) is 2.66. The number of urea groups is 1. The summed E-state index contributed by atoms with van der Waals surface area (Å²) in [7, 11) is 0. The molecule has 0 saturated heterocycles. The number of amides is 2. The van der Waals surface area contributed by atoms with Gasteiger partial charge in [0.15, 0.2) is 0 Å². The zero-order chi connectivity index (χ0) is 15.8. The summed E-state index contributed by atoms with van der Waals surface area (Å²) in [6.07, 6.45) is 5.36. The molecule has 0 aliphatic heterocycles. The van der Waals surface area contributed by atoms with Gasteiger partial charge in [-0.05, 0) is 60.8 Å². The Morgan fingerprint density at radius 3 is 2.48 bits per heavy atom. The second-order valence-corrected chi connectivity index (χ2v) is 7.52. The molecule has 21 heavy (non-hydrogen) atoms. The second-order valence-electron chi connectivity index (χ2n) is 7.52. The molecule has 0 aromatic carbocycles. The highest BCUT2D eigenvalue weighted by Gasteiger charge is 2.33. The molecule has 5 heteroatoms. The summed E-state index contributed by atoms with van der Waals surface area (Å²) >= 11 is 0. The number of carbonyl (C=O) groups excluding carboxylic acids is 1. The molecule has 0 bridgehead atoms. The van der Waals surface area contributed by atoms with E-state index in [-0.39, 0.29) is 23.2 Å². The van der Waals surface area contributed by atoms with E-state index in [1.165, 1.54) is 6.42 Å². The van der Waals surface area contributed by atoms with E-state index in [0.29, 0.717) is 0 Å². The Hall–Kier alpha value is -1.52. The molecular formula is C16H28N4O. The maximum atomic E-state index is 12.1. The van der Waals surface area contributed by atoms with Crippen molar-refractivity contribution in [3.8, 4) is 0 Å². The van der Waals surface area contributed by atoms with Crippen LogP contribution >= 0.6 is 0 Å². The van der Waals surface area contributed by atoms with Crippen LogP contribution in [0.25, 0.3) is 0 Å². The van der Waals surface area contributed by atoms with Crippen LogP contribution in [-0.2, 0) is 5.54 Å². The average Bonchev–Trinajstić information content (AvgIpc) is 2.68. The molecule has 1 unspecified atom stereocenters. The van der Waals surface area contributed by atoms with Crippen molar-refractivity contribution in [2.75, 3.05) is 0 Å². The van der Waals surface area contributed by atoms with Crippen molar-refractivity contribution < 1.29 is 4.79 Å². The number of aromatic nitrogens is 2. The van der Waals surface area contributed by atoms with Gasteiger partial charge in [-0.1, -0.05) is 0 Å². The predicted octanol–water partition coefficient (Wildman–Crippen LogP) is 3.25. The molecule has 1 heterocycles. The van der Waals surface area contributed by atoms with Crippen LogP contribution in [0.4, 0.5) is 4.79 Å². The van der Waals surface area contributed by atoms with E-state index in [2.05, 4.69) is 43.4 Å². The van der Waals surface area contributed by atoms with E-state index in [9.17, 15) is 4.79 Å². The van der Waals surface area contributed by atoms with Gasteiger partial charge in [-0.25, -0.2) is 4.79 Å². The summed E-state index contributed by atoms with van der Waals surface area (Å²) in [4.78, 5) is 12.1. The van der Waals surface area contributed by atoms with Crippen LogP contribution in [0.15, 0.2) is 6.20 Å². The summed E-state index contributed by atoms with van der Waals surface area (Å²) in [5.41, 5.74) is 1.96. The van der Waals surface area contributed by atoms with Crippen molar-refractivity contribution in [1.82, 2.24) is 20.4 Å². The summed E-state index contributed by atoms with van der Waals surface area (Å²) < 4.78 is 1.96. The van der Waals surface area contributed by atoms with E-state index >= 15 is 0 Å². The number of carbonyl (C=O) groups is 1. The second kappa shape index (κ2) is 5.35. The van der Waals surface area contributed by atoms with Crippen LogP contribution in [0.3, 0.4) is 0 Å². The normalized spacial score (nSPS) is 18.8. The Morgan fingerprint density at radius 2 is 2.05 bits per heavy atom. The molecule has 0 spiro atoms. The van der Waals surface area contributed by atoms with Crippen molar-refractivity contribution in [2.45, 2.75) is 77.9 Å². The van der Waals surface area contributed by atoms with Gasteiger partial charge < -0.3 is 10.6 Å². The molecule has 1 aromatic rings. The van der Waals surface area contributed by atoms with Gasteiger partial charge in [-0.15, -0.1) is 0 Å². The molecule has 1 aliphatic rings. The van der Waals surface area contributed by atoms with Crippen LogP contribution in [0.2, 0.25) is 0 Å².